The van der Waals surface area contributed by atoms with Gasteiger partial charge < -0.3 is 9.47 Å². The highest BCUT2D eigenvalue weighted by atomic mass is 35.5. The molecule has 0 amide bonds. The van der Waals surface area contributed by atoms with E-state index < -0.39 is 0 Å². The topological polar surface area (TPSA) is 38.9 Å². The predicted octanol–water partition coefficient (Wildman–Crippen LogP) is 2.45. The smallest absolute Gasteiger partial charge is 0.158 e. The summed E-state index contributed by atoms with van der Waals surface area (Å²) in [5.41, 5.74) is 3.21. The maximum atomic E-state index is 5.96. The first-order valence-corrected chi connectivity index (χ1v) is 7.99. The summed E-state index contributed by atoms with van der Waals surface area (Å²) in [4.78, 5) is 7.05. The lowest BCUT2D eigenvalue weighted by molar-refractivity contribution is 0.169. The van der Waals surface area contributed by atoms with Crippen molar-refractivity contribution < 1.29 is 0 Å². The van der Waals surface area contributed by atoms with Crippen LogP contribution in [0, 0.1) is 0 Å². The van der Waals surface area contributed by atoms with Crippen molar-refractivity contribution in [3.8, 4) is 0 Å². The van der Waals surface area contributed by atoms with Crippen LogP contribution in [0.3, 0.4) is 0 Å². The zero-order valence-corrected chi connectivity index (χ0v) is 14.7. The van der Waals surface area contributed by atoms with Gasteiger partial charge in [0.25, 0.3) is 0 Å². The lowest BCUT2D eigenvalue weighted by Gasteiger charge is -2.33. The Kier molecular flexibility index (Phi) is 4.63. The molecule has 5 nitrogen and oxygen atoms in total. The van der Waals surface area contributed by atoms with E-state index >= 15 is 0 Å². The summed E-state index contributed by atoms with van der Waals surface area (Å²) >= 11 is 5.96. The van der Waals surface area contributed by atoms with E-state index in [0.29, 0.717) is 5.88 Å². The van der Waals surface area contributed by atoms with Crippen LogP contribution in [0.25, 0.3) is 11.2 Å². The van der Waals surface area contributed by atoms with E-state index in [4.69, 9.17) is 16.6 Å². The number of halogens is 1. The molecular formula is C15H26ClN5. The number of likely N-dealkylation sites (N-methyl/N-ethyl adjacent to an activating group) is 1. The molecule has 118 valence electrons. The number of imidazole rings is 1. The minimum atomic E-state index is 0.0331. The van der Waals surface area contributed by atoms with E-state index in [-0.39, 0.29) is 5.54 Å². The first-order chi connectivity index (χ1) is 9.81. The third-order valence-corrected chi connectivity index (χ3v) is 4.47. The highest BCUT2D eigenvalue weighted by molar-refractivity contribution is 6.17. The molecule has 2 heterocycles. The van der Waals surface area contributed by atoms with Gasteiger partial charge in [0.05, 0.1) is 5.69 Å². The molecule has 6 heteroatoms. The van der Waals surface area contributed by atoms with Crippen molar-refractivity contribution >= 4 is 22.8 Å². The minimum Gasteiger partial charge on any atom is -0.311 e. The van der Waals surface area contributed by atoms with Crippen molar-refractivity contribution in [1.82, 2.24) is 24.2 Å². The van der Waals surface area contributed by atoms with Gasteiger partial charge in [0, 0.05) is 31.4 Å². The van der Waals surface area contributed by atoms with Crippen molar-refractivity contribution in [2.45, 2.75) is 45.7 Å². The highest BCUT2D eigenvalue weighted by Gasteiger charge is 2.26. The van der Waals surface area contributed by atoms with Crippen molar-refractivity contribution in [3.05, 3.63) is 11.5 Å². The molecule has 21 heavy (non-hydrogen) atoms. The lowest BCUT2D eigenvalue weighted by Crippen LogP contribution is -2.42. The number of aryl methyl sites for hydroxylation is 3. The molecule has 0 radical (unpaired) electrons. The Morgan fingerprint density at radius 1 is 1.29 bits per heavy atom. The summed E-state index contributed by atoms with van der Waals surface area (Å²) in [6.07, 6.45) is 1.68. The van der Waals surface area contributed by atoms with Crippen LogP contribution in [0.15, 0.2) is 0 Å². The van der Waals surface area contributed by atoms with Crippen LogP contribution in [0.1, 0.15) is 32.3 Å². The van der Waals surface area contributed by atoms with Gasteiger partial charge in [0.15, 0.2) is 5.65 Å². The Labute approximate surface area is 131 Å². The fourth-order valence-corrected chi connectivity index (χ4v) is 2.66. The Bertz CT molecular complexity index is 624. The Morgan fingerprint density at radius 3 is 2.48 bits per heavy atom. The molecular weight excluding hydrogens is 286 g/mol. The second-order valence-corrected chi connectivity index (χ2v) is 6.73. The number of rotatable bonds is 6. The van der Waals surface area contributed by atoms with E-state index in [1.807, 2.05) is 11.7 Å². The number of hydrogen-bond acceptors (Lipinski definition) is 3. The van der Waals surface area contributed by atoms with Gasteiger partial charge in [0.1, 0.15) is 11.3 Å². The molecule has 0 atom stereocenters. The summed E-state index contributed by atoms with van der Waals surface area (Å²) in [7, 11) is 6.21. The van der Waals surface area contributed by atoms with Crippen molar-refractivity contribution in [3.63, 3.8) is 0 Å². The van der Waals surface area contributed by atoms with E-state index in [1.165, 1.54) is 0 Å². The fraction of sp³-hybridized carbons (Fsp3) is 0.733. The van der Waals surface area contributed by atoms with Gasteiger partial charge in [-0.2, -0.15) is 5.10 Å². The number of nitrogens with zero attached hydrogens (tertiary/aromatic N) is 5. The molecule has 2 aromatic heterocycles. The molecule has 0 saturated heterocycles. The van der Waals surface area contributed by atoms with Gasteiger partial charge in [-0.1, -0.05) is 6.92 Å². The third kappa shape index (κ3) is 2.94. The number of fused-ring (bicyclic) bond motifs is 1. The molecule has 0 N–H and O–H groups in total. The predicted molar refractivity (Wildman–Crippen MR) is 88.1 cm³/mol. The summed E-state index contributed by atoms with van der Waals surface area (Å²) in [5.74, 6) is 1.64. The molecule has 0 saturated carbocycles. The molecule has 0 aromatic carbocycles. The average Bonchev–Trinajstić information content (AvgIpc) is 2.89. The molecule has 0 unspecified atom stereocenters. The molecule has 0 aliphatic heterocycles. The Balaban J connectivity index is 2.58. The number of hydrogen-bond donors (Lipinski definition) is 0. The normalized spacial score (nSPS) is 12.8. The second kappa shape index (κ2) is 5.97. The van der Waals surface area contributed by atoms with Crippen LogP contribution in [0.4, 0.5) is 0 Å². The van der Waals surface area contributed by atoms with Crippen molar-refractivity contribution in [1.29, 1.82) is 0 Å². The van der Waals surface area contributed by atoms with E-state index in [1.54, 1.807) is 0 Å². The standard InChI is InChI=1S/C15H26ClN5/c1-7-11-13-14(20(6)18-11)21(12(17-13)8-9-16)10-15(2,3)19(4)5/h7-10H2,1-6H3. The lowest BCUT2D eigenvalue weighted by atomic mass is 10.0. The van der Waals surface area contributed by atoms with E-state index in [9.17, 15) is 0 Å². The second-order valence-electron chi connectivity index (χ2n) is 6.36. The zero-order chi connectivity index (χ0) is 15.8. The van der Waals surface area contributed by atoms with Crippen LogP contribution in [-0.2, 0) is 26.4 Å². The van der Waals surface area contributed by atoms with Crippen LogP contribution in [-0.4, -0.2) is 49.7 Å². The van der Waals surface area contributed by atoms with Gasteiger partial charge in [-0.05, 0) is 34.4 Å². The van der Waals surface area contributed by atoms with Gasteiger partial charge in [-0.15, -0.1) is 11.6 Å². The van der Waals surface area contributed by atoms with Gasteiger partial charge >= 0.3 is 0 Å². The molecule has 0 spiro atoms. The van der Waals surface area contributed by atoms with Gasteiger partial charge in [0.2, 0.25) is 0 Å². The Hall–Kier alpha value is -1.07. The minimum absolute atomic E-state index is 0.0331. The van der Waals surface area contributed by atoms with Crippen LogP contribution in [0.5, 0.6) is 0 Å². The van der Waals surface area contributed by atoms with Crippen LogP contribution in [0.2, 0.25) is 0 Å². The SMILES string of the molecule is CCc1nn(C)c2c1nc(CCCl)n2CC(C)(C)N(C)C. The summed E-state index contributed by atoms with van der Waals surface area (Å²) < 4.78 is 4.23. The van der Waals surface area contributed by atoms with Gasteiger partial charge in [-0.3, -0.25) is 4.68 Å². The highest BCUT2D eigenvalue weighted by Crippen LogP contribution is 2.24. The Morgan fingerprint density at radius 2 is 1.95 bits per heavy atom. The molecule has 2 rings (SSSR count). The molecule has 0 fully saturated rings. The maximum absolute atomic E-state index is 5.96. The number of aromatic nitrogens is 4. The largest absolute Gasteiger partial charge is 0.311 e. The monoisotopic (exact) mass is 311 g/mol. The summed E-state index contributed by atoms with van der Waals surface area (Å²) in [6.45, 7) is 7.46. The zero-order valence-electron chi connectivity index (χ0n) is 13.9. The quantitative estimate of drug-likeness (QED) is 0.769. The van der Waals surface area contributed by atoms with Crippen molar-refractivity contribution in [2.75, 3.05) is 20.0 Å². The molecule has 0 bridgehead atoms. The summed E-state index contributed by atoms with van der Waals surface area (Å²) in [6, 6.07) is 0. The summed E-state index contributed by atoms with van der Waals surface area (Å²) in [5, 5.41) is 4.59. The molecule has 2 aromatic rings. The molecule has 0 aliphatic carbocycles. The first-order valence-electron chi connectivity index (χ1n) is 7.46. The number of alkyl halides is 1. The average molecular weight is 312 g/mol. The maximum Gasteiger partial charge on any atom is 0.158 e. The van der Waals surface area contributed by atoms with Crippen LogP contribution >= 0.6 is 11.6 Å². The van der Waals surface area contributed by atoms with Crippen molar-refractivity contribution in [2.24, 2.45) is 7.05 Å². The van der Waals surface area contributed by atoms with Crippen LogP contribution < -0.4 is 0 Å². The fourth-order valence-electron chi connectivity index (χ4n) is 2.49. The first kappa shape index (κ1) is 16.3. The van der Waals surface area contributed by atoms with E-state index in [2.05, 4.69) is 49.4 Å². The molecule has 0 aliphatic rings. The third-order valence-electron chi connectivity index (χ3n) is 4.28. The van der Waals surface area contributed by atoms with E-state index in [0.717, 1.165) is 42.1 Å². The van der Waals surface area contributed by atoms with Gasteiger partial charge in [-0.25, -0.2) is 4.98 Å².